The van der Waals surface area contributed by atoms with E-state index < -0.39 is 0 Å². The SMILES string of the molecule is Cc1ccc(-c2ccccc2)cc1-c1ccc(-c2nc(-c3ccccc3)nc(-c3ccc4c(c3)oc3cccc(-c5ccccc5)c34)n2)cc1. The molecular formula is C46H31N3O. The fourth-order valence-corrected chi connectivity index (χ4v) is 6.72. The molecule has 0 atom stereocenters. The van der Waals surface area contributed by atoms with E-state index in [1.165, 1.54) is 22.3 Å². The summed E-state index contributed by atoms with van der Waals surface area (Å²) in [5.41, 5.74) is 12.6. The molecule has 0 amide bonds. The Morgan fingerprint density at radius 1 is 0.360 bits per heavy atom. The molecule has 4 heteroatoms. The van der Waals surface area contributed by atoms with E-state index in [4.69, 9.17) is 19.4 Å². The predicted octanol–water partition coefficient (Wildman–Crippen LogP) is 12.1. The molecule has 0 saturated heterocycles. The van der Waals surface area contributed by atoms with Crippen molar-refractivity contribution in [3.05, 3.63) is 175 Å². The lowest BCUT2D eigenvalue weighted by Crippen LogP contribution is -2.00. The number of furan rings is 1. The summed E-state index contributed by atoms with van der Waals surface area (Å²) in [6.45, 7) is 2.16. The highest BCUT2D eigenvalue weighted by Crippen LogP contribution is 2.38. The molecule has 4 nitrogen and oxygen atoms in total. The van der Waals surface area contributed by atoms with Gasteiger partial charge in [0.2, 0.25) is 0 Å². The van der Waals surface area contributed by atoms with E-state index in [0.717, 1.165) is 55.3 Å². The van der Waals surface area contributed by atoms with E-state index in [9.17, 15) is 0 Å². The van der Waals surface area contributed by atoms with Gasteiger partial charge < -0.3 is 4.42 Å². The lowest BCUT2D eigenvalue weighted by Gasteiger charge is -2.11. The van der Waals surface area contributed by atoms with Gasteiger partial charge in [0.15, 0.2) is 17.5 Å². The number of rotatable bonds is 6. The third-order valence-corrected chi connectivity index (χ3v) is 9.31. The number of aromatic nitrogens is 3. The summed E-state index contributed by atoms with van der Waals surface area (Å²) in [4.78, 5) is 15.0. The van der Waals surface area contributed by atoms with Crippen molar-refractivity contribution in [1.29, 1.82) is 0 Å². The quantitative estimate of drug-likeness (QED) is 0.181. The topological polar surface area (TPSA) is 51.8 Å². The summed E-state index contributed by atoms with van der Waals surface area (Å²) in [6.07, 6.45) is 0. The van der Waals surface area contributed by atoms with Gasteiger partial charge in [-0.2, -0.15) is 0 Å². The summed E-state index contributed by atoms with van der Waals surface area (Å²) < 4.78 is 6.44. The van der Waals surface area contributed by atoms with Gasteiger partial charge in [-0.3, -0.25) is 0 Å². The van der Waals surface area contributed by atoms with Crippen molar-refractivity contribution < 1.29 is 4.42 Å². The average molecular weight is 642 g/mol. The zero-order valence-electron chi connectivity index (χ0n) is 27.4. The first-order chi connectivity index (χ1) is 24.7. The predicted molar refractivity (Wildman–Crippen MR) is 204 cm³/mol. The van der Waals surface area contributed by atoms with Crippen LogP contribution in [0.2, 0.25) is 0 Å². The third kappa shape index (κ3) is 5.43. The Morgan fingerprint density at radius 2 is 0.880 bits per heavy atom. The Balaban J connectivity index is 1.13. The van der Waals surface area contributed by atoms with E-state index in [-0.39, 0.29) is 0 Å². The number of benzene rings is 7. The van der Waals surface area contributed by atoms with E-state index in [2.05, 4.69) is 116 Å². The molecule has 0 saturated carbocycles. The van der Waals surface area contributed by atoms with Gasteiger partial charge in [0, 0.05) is 27.5 Å². The van der Waals surface area contributed by atoms with E-state index in [1.54, 1.807) is 0 Å². The second-order valence-electron chi connectivity index (χ2n) is 12.5. The Kier molecular flexibility index (Phi) is 7.33. The molecule has 2 heterocycles. The van der Waals surface area contributed by atoms with Gasteiger partial charge >= 0.3 is 0 Å². The van der Waals surface area contributed by atoms with Crippen molar-refractivity contribution in [2.45, 2.75) is 6.92 Å². The lowest BCUT2D eigenvalue weighted by molar-refractivity contribution is 0.669. The van der Waals surface area contributed by atoms with Crippen LogP contribution in [-0.4, -0.2) is 15.0 Å². The highest BCUT2D eigenvalue weighted by molar-refractivity contribution is 6.13. The molecule has 236 valence electrons. The van der Waals surface area contributed by atoms with Crippen LogP contribution in [0, 0.1) is 6.92 Å². The van der Waals surface area contributed by atoms with Crippen molar-refractivity contribution in [3.8, 4) is 67.5 Å². The lowest BCUT2D eigenvalue weighted by atomic mass is 9.94. The minimum Gasteiger partial charge on any atom is -0.456 e. The monoisotopic (exact) mass is 641 g/mol. The van der Waals surface area contributed by atoms with Gasteiger partial charge in [-0.15, -0.1) is 0 Å². The maximum atomic E-state index is 6.44. The standard InChI is InChI=1S/C46H31N3O/c1-30-20-21-36(31-12-5-2-6-13-31)28-40(30)33-22-24-35(25-23-33)45-47-44(34-16-9-4-10-17-34)48-46(49-45)37-26-27-39-42(29-37)50-41-19-11-18-38(43(39)41)32-14-7-3-8-15-32/h2-29H,1H3. The summed E-state index contributed by atoms with van der Waals surface area (Å²) in [7, 11) is 0. The second kappa shape index (κ2) is 12.4. The van der Waals surface area contributed by atoms with Crippen molar-refractivity contribution in [2.75, 3.05) is 0 Å². The summed E-state index contributed by atoms with van der Waals surface area (Å²) >= 11 is 0. The highest BCUT2D eigenvalue weighted by atomic mass is 16.3. The van der Waals surface area contributed by atoms with Gasteiger partial charge in [0.25, 0.3) is 0 Å². The summed E-state index contributed by atoms with van der Waals surface area (Å²) in [5.74, 6) is 1.83. The smallest absolute Gasteiger partial charge is 0.164 e. The maximum absolute atomic E-state index is 6.44. The van der Waals surface area contributed by atoms with Gasteiger partial charge in [0.1, 0.15) is 11.2 Å². The van der Waals surface area contributed by atoms with Crippen molar-refractivity contribution in [3.63, 3.8) is 0 Å². The van der Waals surface area contributed by atoms with Crippen LogP contribution in [0.1, 0.15) is 5.56 Å². The minimum absolute atomic E-state index is 0.593. The van der Waals surface area contributed by atoms with Gasteiger partial charge in [-0.25, -0.2) is 15.0 Å². The second-order valence-corrected chi connectivity index (χ2v) is 12.5. The van der Waals surface area contributed by atoms with Crippen LogP contribution in [0.4, 0.5) is 0 Å². The molecular weight excluding hydrogens is 611 g/mol. The van der Waals surface area contributed by atoms with Crippen LogP contribution in [0.15, 0.2) is 174 Å². The van der Waals surface area contributed by atoms with Crippen molar-refractivity contribution >= 4 is 21.9 Å². The van der Waals surface area contributed by atoms with Crippen molar-refractivity contribution in [1.82, 2.24) is 15.0 Å². The Bertz CT molecular complexity index is 2630. The highest BCUT2D eigenvalue weighted by Gasteiger charge is 2.17. The Labute approximate surface area is 290 Å². The molecule has 7 aromatic carbocycles. The zero-order valence-corrected chi connectivity index (χ0v) is 27.4. The first kappa shape index (κ1) is 29.5. The van der Waals surface area contributed by atoms with E-state index in [1.807, 2.05) is 60.7 Å². The molecule has 0 fully saturated rings. The van der Waals surface area contributed by atoms with Crippen molar-refractivity contribution in [2.24, 2.45) is 0 Å². The number of fused-ring (bicyclic) bond motifs is 3. The molecule has 0 aliphatic rings. The molecule has 2 aromatic heterocycles. The molecule has 9 aromatic rings. The molecule has 0 N–H and O–H groups in total. The molecule has 0 radical (unpaired) electrons. The van der Waals surface area contributed by atoms with Gasteiger partial charge in [-0.05, 0) is 70.1 Å². The summed E-state index contributed by atoms with van der Waals surface area (Å²) in [6, 6.07) is 58.6. The molecule has 9 rings (SSSR count). The number of hydrogen-bond acceptors (Lipinski definition) is 4. The maximum Gasteiger partial charge on any atom is 0.164 e. The first-order valence-corrected chi connectivity index (χ1v) is 16.8. The van der Waals surface area contributed by atoms with Crippen LogP contribution >= 0.6 is 0 Å². The van der Waals surface area contributed by atoms with Crippen LogP contribution in [-0.2, 0) is 0 Å². The number of aryl methyl sites for hydroxylation is 1. The van der Waals surface area contributed by atoms with E-state index in [0.29, 0.717) is 17.5 Å². The molecule has 50 heavy (non-hydrogen) atoms. The normalized spacial score (nSPS) is 11.3. The van der Waals surface area contributed by atoms with Crippen LogP contribution in [0.3, 0.4) is 0 Å². The Morgan fingerprint density at radius 3 is 1.56 bits per heavy atom. The molecule has 0 aliphatic heterocycles. The van der Waals surface area contributed by atoms with Crippen LogP contribution in [0.5, 0.6) is 0 Å². The van der Waals surface area contributed by atoms with Crippen LogP contribution in [0.25, 0.3) is 89.5 Å². The molecule has 0 aliphatic carbocycles. The molecule has 0 bridgehead atoms. The first-order valence-electron chi connectivity index (χ1n) is 16.8. The molecule has 0 unspecified atom stereocenters. The zero-order chi connectivity index (χ0) is 33.4. The van der Waals surface area contributed by atoms with E-state index >= 15 is 0 Å². The largest absolute Gasteiger partial charge is 0.456 e. The number of nitrogens with zero attached hydrogens (tertiary/aromatic N) is 3. The van der Waals surface area contributed by atoms with Gasteiger partial charge in [0.05, 0.1) is 0 Å². The molecule has 0 spiro atoms. The Hall–Kier alpha value is -6.65. The third-order valence-electron chi connectivity index (χ3n) is 9.31. The average Bonchev–Trinajstić information content (AvgIpc) is 3.57. The fraction of sp³-hybridized carbons (Fsp3) is 0.0217. The summed E-state index contributed by atoms with van der Waals surface area (Å²) in [5, 5.41) is 2.16. The minimum atomic E-state index is 0.593. The fourth-order valence-electron chi connectivity index (χ4n) is 6.72. The van der Waals surface area contributed by atoms with Gasteiger partial charge in [-0.1, -0.05) is 146 Å². The van der Waals surface area contributed by atoms with Crippen LogP contribution < -0.4 is 0 Å². The number of hydrogen-bond donors (Lipinski definition) is 0.